The quantitative estimate of drug-likeness (QED) is 0.219. The molecule has 0 spiro atoms. The van der Waals surface area contributed by atoms with Crippen LogP contribution < -0.4 is 19.5 Å². The van der Waals surface area contributed by atoms with Gasteiger partial charge in [0.05, 0.1) is 14.2 Å². The number of nitrogens with zero attached hydrogens (tertiary/aromatic N) is 2. The molecule has 1 aliphatic rings. The van der Waals surface area contributed by atoms with E-state index in [1.807, 2.05) is 47.4 Å². The van der Waals surface area contributed by atoms with Gasteiger partial charge >= 0.3 is 0 Å². The van der Waals surface area contributed by atoms with Gasteiger partial charge in [-0.15, -0.1) is 11.3 Å². The molecule has 214 valence electrons. The van der Waals surface area contributed by atoms with Crippen molar-refractivity contribution in [3.8, 4) is 34.1 Å². The molecule has 4 aromatic rings. The number of nitrogens with one attached hydrogen (secondary N) is 1. The van der Waals surface area contributed by atoms with Gasteiger partial charge in [0.1, 0.15) is 15.7 Å². The Labute approximate surface area is 254 Å². The van der Waals surface area contributed by atoms with E-state index in [2.05, 4.69) is 5.32 Å². The zero-order valence-corrected chi connectivity index (χ0v) is 25.6. The Bertz CT molecular complexity index is 1640. The molecule has 41 heavy (non-hydrogen) atoms. The van der Waals surface area contributed by atoms with Crippen LogP contribution >= 0.6 is 35.2 Å². The second kappa shape index (κ2) is 12.7. The van der Waals surface area contributed by atoms with Crippen LogP contribution in [0.3, 0.4) is 0 Å². The monoisotopic (exact) mass is 629 g/mol. The number of rotatable bonds is 8. The van der Waals surface area contributed by atoms with Crippen LogP contribution in [-0.2, 0) is 10.0 Å². The number of piperazine rings is 1. The van der Waals surface area contributed by atoms with Gasteiger partial charge in [-0.25, -0.2) is 8.42 Å². The Morgan fingerprint density at radius 2 is 1.59 bits per heavy atom. The van der Waals surface area contributed by atoms with E-state index in [0.717, 1.165) is 5.69 Å². The molecule has 0 amide bonds. The number of hydrogen-bond acceptors (Lipinski definition) is 7. The molecule has 0 saturated carbocycles. The third-order valence-electron chi connectivity index (χ3n) is 6.59. The number of sulfonamides is 1. The fraction of sp³-hybridized carbons (Fsp3) is 0.207. The van der Waals surface area contributed by atoms with E-state index in [0.29, 0.717) is 70.4 Å². The number of halogens is 1. The maximum Gasteiger partial charge on any atom is 0.253 e. The molecular formula is C29H28ClN3O5S3. The van der Waals surface area contributed by atoms with Crippen molar-refractivity contribution in [2.75, 3.05) is 45.7 Å². The molecule has 8 nitrogen and oxygen atoms in total. The van der Waals surface area contributed by atoms with E-state index >= 15 is 0 Å². The van der Waals surface area contributed by atoms with Gasteiger partial charge in [0.2, 0.25) is 0 Å². The topological polar surface area (TPSA) is 80.3 Å². The summed E-state index contributed by atoms with van der Waals surface area (Å²) >= 11 is 12.7. The highest BCUT2D eigenvalue weighted by atomic mass is 35.5. The highest BCUT2D eigenvalue weighted by Crippen LogP contribution is 2.41. The van der Waals surface area contributed by atoms with Gasteiger partial charge in [-0.1, -0.05) is 29.8 Å². The first-order valence-electron chi connectivity index (χ1n) is 12.7. The molecule has 0 bridgehead atoms. The van der Waals surface area contributed by atoms with Crippen molar-refractivity contribution >= 4 is 56.0 Å². The zero-order chi connectivity index (χ0) is 29.0. The Hall–Kier alpha value is -3.35. The van der Waals surface area contributed by atoms with Gasteiger partial charge in [-0.3, -0.25) is 0 Å². The van der Waals surface area contributed by atoms with Gasteiger partial charge in [0.15, 0.2) is 16.6 Å². The molecule has 0 radical (unpaired) electrons. The molecule has 1 saturated heterocycles. The molecule has 0 atom stereocenters. The molecule has 1 aromatic heterocycles. The average Bonchev–Trinajstić information content (AvgIpc) is 3.49. The van der Waals surface area contributed by atoms with Crippen LogP contribution in [0.1, 0.15) is 0 Å². The van der Waals surface area contributed by atoms with Crippen LogP contribution in [0.2, 0.25) is 5.02 Å². The van der Waals surface area contributed by atoms with Crippen LogP contribution in [0.15, 0.2) is 82.4 Å². The number of para-hydroxylation sites is 1. The Morgan fingerprint density at radius 3 is 2.29 bits per heavy atom. The molecular weight excluding hydrogens is 602 g/mol. The van der Waals surface area contributed by atoms with E-state index in [9.17, 15) is 8.42 Å². The summed E-state index contributed by atoms with van der Waals surface area (Å²) in [5.41, 5.74) is 2.09. The van der Waals surface area contributed by atoms with Gasteiger partial charge in [0, 0.05) is 54.1 Å². The number of benzene rings is 3. The maximum atomic E-state index is 13.9. The molecule has 0 unspecified atom stereocenters. The lowest BCUT2D eigenvalue weighted by molar-refractivity contribution is 0.269. The van der Waals surface area contributed by atoms with E-state index in [4.69, 9.17) is 38.0 Å². The number of ether oxygens (including phenoxy) is 3. The summed E-state index contributed by atoms with van der Waals surface area (Å²) in [7, 11) is -0.640. The summed E-state index contributed by atoms with van der Waals surface area (Å²) in [6, 6.07) is 21.7. The number of hydrogen-bond donors (Lipinski definition) is 1. The first kappa shape index (κ1) is 29.2. The van der Waals surface area contributed by atoms with Crippen molar-refractivity contribution in [2.45, 2.75) is 4.21 Å². The number of anilines is 1. The fourth-order valence-electron chi connectivity index (χ4n) is 4.46. The van der Waals surface area contributed by atoms with Gasteiger partial charge in [-0.2, -0.15) is 4.31 Å². The van der Waals surface area contributed by atoms with Crippen LogP contribution in [0, 0.1) is 0 Å². The number of methoxy groups -OCH3 is 2. The molecule has 1 N–H and O–H groups in total. The SMILES string of the molecule is COc1ccc(Oc2ccccc2-c2ccsc2S(=O)(=O)N2CCN(C(=S)Nc3ccc(Cl)cc3)CC2)cc1OC. The van der Waals surface area contributed by atoms with Crippen LogP contribution in [0.4, 0.5) is 5.69 Å². The number of thiophene rings is 1. The molecule has 0 aliphatic carbocycles. The highest BCUT2D eigenvalue weighted by molar-refractivity contribution is 7.91. The van der Waals surface area contributed by atoms with Crippen molar-refractivity contribution in [3.05, 3.63) is 83.2 Å². The van der Waals surface area contributed by atoms with Gasteiger partial charge < -0.3 is 24.4 Å². The molecule has 1 aliphatic heterocycles. The average molecular weight is 630 g/mol. The predicted octanol–water partition coefficient (Wildman–Crippen LogP) is 6.58. The van der Waals surface area contributed by atoms with Crippen molar-refractivity contribution in [2.24, 2.45) is 0 Å². The minimum atomic E-state index is -3.76. The van der Waals surface area contributed by atoms with Crippen LogP contribution in [-0.4, -0.2) is 63.1 Å². The van der Waals surface area contributed by atoms with Crippen LogP contribution in [0.25, 0.3) is 11.1 Å². The Kier molecular flexibility index (Phi) is 9.00. The van der Waals surface area contributed by atoms with E-state index in [1.165, 1.54) is 15.6 Å². The summed E-state index contributed by atoms with van der Waals surface area (Å²) in [5.74, 6) is 2.18. The smallest absolute Gasteiger partial charge is 0.253 e. The lowest BCUT2D eigenvalue weighted by Crippen LogP contribution is -2.51. The highest BCUT2D eigenvalue weighted by Gasteiger charge is 2.32. The first-order valence-corrected chi connectivity index (χ1v) is 15.8. The van der Waals surface area contributed by atoms with Crippen molar-refractivity contribution in [3.63, 3.8) is 0 Å². The Balaban J connectivity index is 1.32. The summed E-state index contributed by atoms with van der Waals surface area (Å²) in [6.45, 7) is 1.56. The summed E-state index contributed by atoms with van der Waals surface area (Å²) in [4.78, 5) is 1.97. The summed E-state index contributed by atoms with van der Waals surface area (Å²) in [6.07, 6.45) is 0. The lowest BCUT2D eigenvalue weighted by Gasteiger charge is -2.35. The fourth-order valence-corrected chi connectivity index (χ4v) is 7.83. The second-order valence-corrected chi connectivity index (χ2v) is 12.9. The predicted molar refractivity (Wildman–Crippen MR) is 167 cm³/mol. The van der Waals surface area contributed by atoms with Crippen molar-refractivity contribution < 1.29 is 22.6 Å². The summed E-state index contributed by atoms with van der Waals surface area (Å²) < 4.78 is 46.4. The molecule has 1 fully saturated rings. The largest absolute Gasteiger partial charge is 0.493 e. The van der Waals surface area contributed by atoms with Gasteiger partial charge in [0.25, 0.3) is 10.0 Å². The number of thiocarbonyl (C=S) groups is 1. The summed E-state index contributed by atoms with van der Waals surface area (Å²) in [5, 5.41) is 6.17. The van der Waals surface area contributed by atoms with Gasteiger partial charge in [-0.05, 0) is 66.1 Å². The van der Waals surface area contributed by atoms with E-state index < -0.39 is 10.0 Å². The minimum absolute atomic E-state index is 0.274. The van der Waals surface area contributed by atoms with Crippen molar-refractivity contribution in [1.82, 2.24) is 9.21 Å². The Morgan fingerprint density at radius 1 is 0.878 bits per heavy atom. The third kappa shape index (κ3) is 6.44. The van der Waals surface area contributed by atoms with E-state index in [-0.39, 0.29) is 4.21 Å². The second-order valence-electron chi connectivity index (χ2n) is 9.06. The van der Waals surface area contributed by atoms with Crippen molar-refractivity contribution in [1.29, 1.82) is 0 Å². The standard InChI is InChI=1S/C29H28ClN3O5S3/c1-36-26-12-11-22(19-27(26)37-2)38-25-6-4-3-5-23(25)24-13-18-40-28(24)41(34,35)33-16-14-32(15-17-33)29(39)31-21-9-7-20(30)8-10-21/h3-13,18-19H,14-17H2,1-2H3,(H,31,39). The molecule has 2 heterocycles. The van der Waals surface area contributed by atoms with E-state index in [1.54, 1.807) is 49.9 Å². The lowest BCUT2D eigenvalue weighted by atomic mass is 10.1. The molecule has 5 rings (SSSR count). The molecule has 3 aromatic carbocycles. The normalized spacial score (nSPS) is 14.0. The zero-order valence-electron chi connectivity index (χ0n) is 22.4. The molecule has 12 heteroatoms. The maximum absolute atomic E-state index is 13.9. The van der Waals surface area contributed by atoms with Crippen LogP contribution in [0.5, 0.6) is 23.0 Å². The first-order chi connectivity index (χ1) is 19.8. The minimum Gasteiger partial charge on any atom is -0.493 e. The third-order valence-corrected chi connectivity index (χ3v) is 10.6.